The van der Waals surface area contributed by atoms with Gasteiger partial charge in [-0.05, 0) is 72.1 Å². The first kappa shape index (κ1) is 24.3. The van der Waals surface area contributed by atoms with Gasteiger partial charge in [0.15, 0.2) is 0 Å². The number of piperidine rings is 2. The molecule has 2 saturated heterocycles. The molecular formula is C24H43N3O4. The molecule has 2 N–H and O–H groups in total. The van der Waals surface area contributed by atoms with Crippen LogP contribution in [0.25, 0.3) is 0 Å². The Bertz CT molecular complexity index is 617. The van der Waals surface area contributed by atoms with Crippen LogP contribution < -0.4 is 5.32 Å². The van der Waals surface area contributed by atoms with Crippen LogP contribution in [0.15, 0.2) is 0 Å². The molecule has 0 aromatic rings. The van der Waals surface area contributed by atoms with Gasteiger partial charge in [0.2, 0.25) is 0 Å². The van der Waals surface area contributed by atoms with E-state index in [-0.39, 0.29) is 17.6 Å². The molecule has 2 atom stereocenters. The smallest absolute Gasteiger partial charge is 0.410 e. The maximum atomic E-state index is 12.4. The number of hydrogen-bond acceptors (Lipinski definition) is 5. The van der Waals surface area contributed by atoms with Crippen molar-refractivity contribution in [2.75, 3.05) is 26.2 Å². The zero-order valence-corrected chi connectivity index (χ0v) is 20.0. The van der Waals surface area contributed by atoms with Crippen molar-refractivity contribution in [3.05, 3.63) is 0 Å². The minimum atomic E-state index is -0.667. The molecule has 178 valence electrons. The second-order valence-corrected chi connectivity index (χ2v) is 11.1. The average Bonchev–Trinajstić information content (AvgIpc) is 2.69. The predicted octanol–water partition coefficient (Wildman–Crippen LogP) is 3.86. The molecule has 1 aliphatic carbocycles. The number of nitrogens with zero attached hydrogens (tertiary/aromatic N) is 2. The van der Waals surface area contributed by atoms with Gasteiger partial charge in [-0.3, -0.25) is 9.69 Å². The van der Waals surface area contributed by atoms with Crippen LogP contribution in [0.1, 0.15) is 85.5 Å². The summed E-state index contributed by atoms with van der Waals surface area (Å²) < 4.78 is 5.54. The zero-order chi connectivity index (χ0) is 22.6. The monoisotopic (exact) mass is 437 g/mol. The lowest BCUT2D eigenvalue weighted by atomic mass is 9.81. The number of aliphatic carboxylic acids is 1. The molecule has 3 aliphatic rings. The van der Waals surface area contributed by atoms with Crippen molar-refractivity contribution in [2.45, 2.75) is 109 Å². The Labute approximate surface area is 187 Å². The van der Waals surface area contributed by atoms with Gasteiger partial charge in [0.05, 0.1) is 0 Å². The van der Waals surface area contributed by atoms with Gasteiger partial charge in [-0.1, -0.05) is 12.8 Å². The van der Waals surface area contributed by atoms with Gasteiger partial charge in [-0.25, -0.2) is 4.79 Å². The molecule has 0 aromatic carbocycles. The van der Waals surface area contributed by atoms with Gasteiger partial charge in [0, 0.05) is 50.2 Å². The fourth-order valence-electron chi connectivity index (χ4n) is 5.60. The van der Waals surface area contributed by atoms with Crippen LogP contribution in [0, 0.1) is 5.92 Å². The summed E-state index contributed by atoms with van der Waals surface area (Å²) in [6.07, 6.45) is 8.80. The summed E-state index contributed by atoms with van der Waals surface area (Å²) in [5, 5.41) is 13.1. The Hall–Kier alpha value is -1.34. The van der Waals surface area contributed by atoms with Crippen LogP contribution in [0.2, 0.25) is 0 Å². The number of carbonyl (C=O) groups is 2. The van der Waals surface area contributed by atoms with Crippen molar-refractivity contribution in [1.82, 2.24) is 15.1 Å². The van der Waals surface area contributed by atoms with Gasteiger partial charge >= 0.3 is 12.1 Å². The van der Waals surface area contributed by atoms with Crippen molar-refractivity contribution >= 4 is 12.1 Å². The summed E-state index contributed by atoms with van der Waals surface area (Å²) in [7, 11) is 0. The second-order valence-electron chi connectivity index (χ2n) is 11.1. The van der Waals surface area contributed by atoms with Gasteiger partial charge in [0.1, 0.15) is 5.60 Å². The lowest BCUT2D eigenvalue weighted by Crippen LogP contribution is -2.58. The van der Waals surface area contributed by atoms with Crippen molar-refractivity contribution in [2.24, 2.45) is 5.92 Å². The van der Waals surface area contributed by atoms with Crippen LogP contribution in [0.5, 0.6) is 0 Å². The molecule has 0 radical (unpaired) electrons. The van der Waals surface area contributed by atoms with Gasteiger partial charge in [0.25, 0.3) is 0 Å². The largest absolute Gasteiger partial charge is 0.481 e. The number of rotatable bonds is 5. The highest BCUT2D eigenvalue weighted by Gasteiger charge is 2.39. The van der Waals surface area contributed by atoms with E-state index in [9.17, 15) is 14.7 Å². The predicted molar refractivity (Wildman–Crippen MR) is 121 cm³/mol. The first-order chi connectivity index (χ1) is 14.6. The van der Waals surface area contributed by atoms with E-state index in [1.165, 1.54) is 6.42 Å². The van der Waals surface area contributed by atoms with Crippen LogP contribution in [-0.4, -0.2) is 76.4 Å². The number of carbonyl (C=O) groups excluding carboxylic acids is 1. The summed E-state index contributed by atoms with van der Waals surface area (Å²) in [4.78, 5) is 28.1. The molecule has 2 aliphatic heterocycles. The van der Waals surface area contributed by atoms with E-state index >= 15 is 0 Å². The van der Waals surface area contributed by atoms with E-state index in [0.717, 1.165) is 71.1 Å². The number of ether oxygens (including phenoxy) is 1. The zero-order valence-electron chi connectivity index (χ0n) is 20.0. The van der Waals surface area contributed by atoms with Crippen molar-refractivity contribution in [1.29, 1.82) is 0 Å². The minimum absolute atomic E-state index is 0.139. The number of carboxylic acids is 1. The Kier molecular flexibility index (Phi) is 7.90. The number of nitrogens with one attached hydrogen (secondary N) is 1. The van der Waals surface area contributed by atoms with Gasteiger partial charge in [-0.2, -0.15) is 0 Å². The van der Waals surface area contributed by atoms with E-state index in [1.807, 2.05) is 25.7 Å². The molecule has 3 rings (SSSR count). The van der Waals surface area contributed by atoms with E-state index < -0.39 is 11.6 Å². The Morgan fingerprint density at radius 1 is 1.03 bits per heavy atom. The first-order valence-corrected chi connectivity index (χ1v) is 12.3. The highest BCUT2D eigenvalue weighted by molar-refractivity contribution is 5.68. The molecule has 31 heavy (non-hydrogen) atoms. The average molecular weight is 438 g/mol. The standard InChI is InChI=1S/C24H43N3O4/c1-23(2,3)31-22(30)26-15-11-24(4,12-16-26)27-13-9-19(10-14-27)25-20-8-6-5-7-18(20)17-21(28)29/h18-20,25H,5-17H2,1-4H3,(H,28,29)/t18-,20?/m1/s1. The summed E-state index contributed by atoms with van der Waals surface area (Å²) in [6, 6.07) is 0.843. The molecule has 1 unspecified atom stereocenters. The van der Waals surface area contributed by atoms with Crippen LogP contribution in [0.3, 0.4) is 0 Å². The Morgan fingerprint density at radius 3 is 2.23 bits per heavy atom. The molecule has 1 amide bonds. The Balaban J connectivity index is 1.45. The molecule has 1 saturated carbocycles. The Morgan fingerprint density at radius 2 is 1.65 bits per heavy atom. The maximum Gasteiger partial charge on any atom is 0.410 e. The molecular weight excluding hydrogens is 394 g/mol. The van der Waals surface area contributed by atoms with Crippen molar-refractivity contribution < 1.29 is 19.4 Å². The van der Waals surface area contributed by atoms with E-state index in [1.54, 1.807) is 0 Å². The van der Waals surface area contributed by atoms with Crippen LogP contribution in [0.4, 0.5) is 4.79 Å². The van der Waals surface area contributed by atoms with Gasteiger partial charge < -0.3 is 20.1 Å². The summed E-state index contributed by atoms with van der Waals surface area (Å²) >= 11 is 0. The third kappa shape index (κ3) is 6.82. The third-order valence-corrected chi connectivity index (χ3v) is 7.55. The number of carboxylic acid groups (broad SMARTS) is 1. The van der Waals surface area contributed by atoms with Crippen molar-refractivity contribution in [3.8, 4) is 0 Å². The van der Waals surface area contributed by atoms with E-state index in [0.29, 0.717) is 18.5 Å². The highest BCUT2D eigenvalue weighted by atomic mass is 16.6. The van der Waals surface area contributed by atoms with Crippen molar-refractivity contribution in [3.63, 3.8) is 0 Å². The quantitative estimate of drug-likeness (QED) is 0.680. The number of amides is 1. The molecule has 3 fully saturated rings. The molecule has 0 bridgehead atoms. The minimum Gasteiger partial charge on any atom is -0.481 e. The highest BCUT2D eigenvalue weighted by Crippen LogP contribution is 2.33. The molecule has 7 nitrogen and oxygen atoms in total. The molecule has 2 heterocycles. The third-order valence-electron chi connectivity index (χ3n) is 7.55. The molecule has 0 spiro atoms. The molecule has 0 aromatic heterocycles. The van der Waals surface area contributed by atoms with Gasteiger partial charge in [-0.15, -0.1) is 0 Å². The summed E-state index contributed by atoms with van der Waals surface area (Å²) in [6.45, 7) is 11.7. The SMILES string of the molecule is CC(C)(C)OC(=O)N1CCC(C)(N2CCC(NC3CCCC[C@@H]3CC(=O)O)CC2)CC1. The topological polar surface area (TPSA) is 82.1 Å². The number of likely N-dealkylation sites (tertiary alicyclic amines) is 2. The van der Waals surface area contributed by atoms with Crippen LogP contribution in [-0.2, 0) is 9.53 Å². The number of hydrogen-bond donors (Lipinski definition) is 2. The summed E-state index contributed by atoms with van der Waals surface area (Å²) in [5.74, 6) is -0.391. The van der Waals surface area contributed by atoms with E-state index in [4.69, 9.17) is 4.74 Å². The fraction of sp³-hybridized carbons (Fsp3) is 0.917. The van der Waals surface area contributed by atoms with E-state index in [2.05, 4.69) is 17.1 Å². The maximum absolute atomic E-state index is 12.4. The first-order valence-electron chi connectivity index (χ1n) is 12.3. The normalized spacial score (nSPS) is 28.3. The lowest BCUT2D eigenvalue weighted by molar-refractivity contribution is -0.138. The van der Waals surface area contributed by atoms with Crippen LogP contribution >= 0.6 is 0 Å². The fourth-order valence-corrected chi connectivity index (χ4v) is 5.60. The molecule has 7 heteroatoms. The summed E-state index contributed by atoms with van der Waals surface area (Å²) in [5.41, 5.74) is -0.311. The lowest BCUT2D eigenvalue weighted by Gasteiger charge is -2.49. The second kappa shape index (κ2) is 10.1.